The molecule has 1 amide bonds. The van der Waals surface area contributed by atoms with Crippen LogP contribution in [0.25, 0.3) is 0 Å². The smallest absolute Gasteiger partial charge is 0.327 e. The Morgan fingerprint density at radius 3 is 2.88 bits per heavy atom. The molecule has 0 bridgehead atoms. The second-order valence-electron chi connectivity index (χ2n) is 3.39. The molecule has 6 heteroatoms. The first kappa shape index (κ1) is 12.8. The third kappa shape index (κ3) is 4.38. The van der Waals surface area contributed by atoms with Gasteiger partial charge in [0.2, 0.25) is 5.91 Å². The maximum Gasteiger partial charge on any atom is 0.327 e. The molecule has 1 heterocycles. The van der Waals surface area contributed by atoms with E-state index in [2.05, 4.69) is 16.3 Å². The van der Waals surface area contributed by atoms with Crippen molar-refractivity contribution >= 4 is 11.9 Å². The van der Waals surface area contributed by atoms with Crippen molar-refractivity contribution in [3.63, 3.8) is 0 Å². The molecule has 1 atom stereocenters. The highest BCUT2D eigenvalue weighted by Gasteiger charge is 2.18. The van der Waals surface area contributed by atoms with Gasteiger partial charge in [-0.3, -0.25) is 9.48 Å². The summed E-state index contributed by atoms with van der Waals surface area (Å²) in [4.78, 5) is 22.2. The van der Waals surface area contributed by atoms with Gasteiger partial charge in [-0.1, -0.05) is 0 Å². The molecule has 1 unspecified atom stereocenters. The van der Waals surface area contributed by atoms with Gasteiger partial charge in [-0.25, -0.2) is 4.79 Å². The van der Waals surface area contributed by atoms with E-state index in [-0.39, 0.29) is 18.7 Å². The Balaban J connectivity index is 2.37. The third-order valence-electron chi connectivity index (χ3n) is 2.08. The van der Waals surface area contributed by atoms with Gasteiger partial charge in [0, 0.05) is 31.8 Å². The molecule has 0 spiro atoms. The van der Waals surface area contributed by atoms with E-state index in [0.717, 1.165) is 0 Å². The van der Waals surface area contributed by atoms with E-state index in [4.69, 9.17) is 11.5 Å². The second-order valence-corrected chi connectivity index (χ2v) is 3.39. The molecule has 0 aliphatic heterocycles. The number of rotatable bonds is 6. The molecule has 2 N–H and O–H groups in total. The van der Waals surface area contributed by atoms with Gasteiger partial charge < -0.3 is 10.4 Å². The molecule has 0 saturated carbocycles. The maximum absolute atomic E-state index is 11.4. The Hall–Kier alpha value is -2.29. The number of carboxylic acid groups (broad SMARTS) is 1. The summed E-state index contributed by atoms with van der Waals surface area (Å²) in [5.41, 5.74) is 0. The van der Waals surface area contributed by atoms with Crippen LogP contribution in [-0.4, -0.2) is 32.8 Å². The Labute approximate surface area is 98.6 Å². The number of carbonyl (C=O) groups is 2. The highest BCUT2D eigenvalue weighted by atomic mass is 16.4. The molecule has 1 aromatic heterocycles. The van der Waals surface area contributed by atoms with Crippen molar-refractivity contribution < 1.29 is 14.7 Å². The van der Waals surface area contributed by atoms with Gasteiger partial charge in [0.25, 0.3) is 0 Å². The number of aliphatic carboxylic acids is 1. The van der Waals surface area contributed by atoms with Crippen LogP contribution < -0.4 is 5.32 Å². The summed E-state index contributed by atoms with van der Waals surface area (Å²) in [6, 6.07) is 0.723. The van der Waals surface area contributed by atoms with E-state index in [0.29, 0.717) is 6.54 Å². The van der Waals surface area contributed by atoms with Gasteiger partial charge in [-0.2, -0.15) is 5.10 Å². The summed E-state index contributed by atoms with van der Waals surface area (Å²) >= 11 is 0. The summed E-state index contributed by atoms with van der Waals surface area (Å²) in [5.74, 6) is 0.724. The molecule has 0 saturated heterocycles. The van der Waals surface area contributed by atoms with Crippen LogP contribution in [0, 0.1) is 12.3 Å². The van der Waals surface area contributed by atoms with Crippen LogP contribution in [0.15, 0.2) is 18.5 Å². The molecule has 0 fully saturated rings. The quantitative estimate of drug-likeness (QED) is 0.672. The largest absolute Gasteiger partial charge is 0.480 e. The Morgan fingerprint density at radius 1 is 1.59 bits per heavy atom. The van der Waals surface area contributed by atoms with Crippen molar-refractivity contribution in [3.05, 3.63) is 18.5 Å². The predicted molar refractivity (Wildman–Crippen MR) is 59.9 cm³/mol. The van der Waals surface area contributed by atoms with Crippen molar-refractivity contribution in [1.82, 2.24) is 15.1 Å². The number of nitrogens with one attached hydrogen (secondary N) is 1. The van der Waals surface area contributed by atoms with Crippen LogP contribution in [0.4, 0.5) is 0 Å². The standard InChI is InChI=1S/C11H13N3O3/c1-2-4-9(11(16)17)13-10(15)5-8-14-7-3-6-12-14/h1,3,6-7,9H,4-5,8H2,(H,13,15)(H,16,17). The van der Waals surface area contributed by atoms with Crippen LogP contribution in [0.1, 0.15) is 12.8 Å². The van der Waals surface area contributed by atoms with Crippen molar-refractivity contribution in [2.75, 3.05) is 0 Å². The zero-order valence-corrected chi connectivity index (χ0v) is 9.17. The summed E-state index contributed by atoms with van der Waals surface area (Å²) in [5, 5.41) is 15.1. The molecule has 0 aromatic carbocycles. The maximum atomic E-state index is 11.4. The molecule has 6 nitrogen and oxygen atoms in total. The van der Waals surface area contributed by atoms with Crippen molar-refractivity contribution in [2.24, 2.45) is 0 Å². The first-order chi connectivity index (χ1) is 8.13. The zero-order chi connectivity index (χ0) is 12.7. The fraction of sp³-hybridized carbons (Fsp3) is 0.364. The molecule has 90 valence electrons. The summed E-state index contributed by atoms with van der Waals surface area (Å²) in [6.45, 7) is 0.404. The minimum atomic E-state index is -1.13. The zero-order valence-electron chi connectivity index (χ0n) is 9.17. The fourth-order valence-electron chi connectivity index (χ4n) is 1.23. The summed E-state index contributed by atoms with van der Waals surface area (Å²) < 4.78 is 1.59. The Kier molecular flexibility index (Phi) is 4.76. The number of carbonyl (C=O) groups excluding carboxylic acids is 1. The number of aryl methyl sites for hydroxylation is 1. The number of hydrogen-bond donors (Lipinski definition) is 2. The van der Waals surface area contributed by atoms with Gasteiger partial charge >= 0.3 is 5.97 Å². The lowest BCUT2D eigenvalue weighted by Crippen LogP contribution is -2.40. The SMILES string of the molecule is C#CCC(NC(=O)CCn1cccn1)C(=O)O. The first-order valence-electron chi connectivity index (χ1n) is 5.06. The predicted octanol–water partition coefficient (Wildman–Crippen LogP) is -0.134. The normalized spacial score (nSPS) is 11.5. The highest BCUT2D eigenvalue weighted by molar-refractivity contribution is 5.83. The van der Waals surface area contributed by atoms with Crippen molar-refractivity contribution in [1.29, 1.82) is 0 Å². The van der Waals surface area contributed by atoms with Crippen molar-refractivity contribution in [3.8, 4) is 12.3 Å². The lowest BCUT2D eigenvalue weighted by molar-refractivity contribution is -0.141. The second kappa shape index (κ2) is 6.33. The molecule has 1 rings (SSSR count). The van der Waals surface area contributed by atoms with E-state index in [9.17, 15) is 9.59 Å². The molecule has 1 aromatic rings. The van der Waals surface area contributed by atoms with Crippen LogP contribution >= 0.6 is 0 Å². The molecule has 17 heavy (non-hydrogen) atoms. The molecule has 0 radical (unpaired) electrons. The Morgan fingerprint density at radius 2 is 2.35 bits per heavy atom. The minimum Gasteiger partial charge on any atom is -0.480 e. The van der Waals surface area contributed by atoms with E-state index in [1.54, 1.807) is 23.1 Å². The van der Waals surface area contributed by atoms with Crippen LogP contribution in [0.2, 0.25) is 0 Å². The third-order valence-corrected chi connectivity index (χ3v) is 2.08. The van der Waals surface area contributed by atoms with Gasteiger partial charge in [0.1, 0.15) is 6.04 Å². The summed E-state index contributed by atoms with van der Waals surface area (Å²) in [6.07, 6.45) is 8.49. The van der Waals surface area contributed by atoms with Gasteiger partial charge in [0.15, 0.2) is 0 Å². The van der Waals surface area contributed by atoms with Gasteiger partial charge in [-0.15, -0.1) is 12.3 Å². The first-order valence-corrected chi connectivity index (χ1v) is 5.06. The average Bonchev–Trinajstić information content (AvgIpc) is 2.78. The number of nitrogens with zero attached hydrogens (tertiary/aromatic N) is 2. The molecular formula is C11H13N3O3. The highest BCUT2D eigenvalue weighted by Crippen LogP contribution is 1.94. The molecule has 0 aliphatic carbocycles. The molecule has 0 aliphatic rings. The molecular weight excluding hydrogens is 222 g/mol. The van der Waals surface area contributed by atoms with E-state index in [1.165, 1.54) is 0 Å². The number of terminal acetylenes is 1. The lowest BCUT2D eigenvalue weighted by Gasteiger charge is -2.11. The van der Waals surface area contributed by atoms with Crippen LogP contribution in [-0.2, 0) is 16.1 Å². The minimum absolute atomic E-state index is 0.0250. The van der Waals surface area contributed by atoms with E-state index >= 15 is 0 Å². The van der Waals surface area contributed by atoms with Gasteiger partial charge in [0.05, 0.1) is 0 Å². The van der Waals surface area contributed by atoms with E-state index in [1.807, 2.05) is 0 Å². The van der Waals surface area contributed by atoms with Crippen molar-refractivity contribution in [2.45, 2.75) is 25.4 Å². The summed E-state index contributed by atoms with van der Waals surface area (Å²) in [7, 11) is 0. The fourth-order valence-corrected chi connectivity index (χ4v) is 1.23. The Bertz CT molecular complexity index is 420. The number of amides is 1. The topological polar surface area (TPSA) is 84.2 Å². The van der Waals surface area contributed by atoms with E-state index < -0.39 is 12.0 Å². The number of hydrogen-bond acceptors (Lipinski definition) is 3. The van der Waals surface area contributed by atoms with Crippen LogP contribution in [0.5, 0.6) is 0 Å². The number of carboxylic acids is 1. The number of aromatic nitrogens is 2. The monoisotopic (exact) mass is 235 g/mol. The van der Waals surface area contributed by atoms with Gasteiger partial charge in [-0.05, 0) is 6.07 Å². The van der Waals surface area contributed by atoms with Crippen LogP contribution in [0.3, 0.4) is 0 Å². The average molecular weight is 235 g/mol. The lowest BCUT2D eigenvalue weighted by atomic mass is 10.2.